The molecule has 0 bridgehead atoms. The van der Waals surface area contributed by atoms with Gasteiger partial charge in [-0.05, 0) is 6.42 Å². The maximum Gasteiger partial charge on any atom is 0.0762 e. The van der Waals surface area contributed by atoms with E-state index in [1.807, 2.05) is 0 Å². The molecule has 0 radical (unpaired) electrons. The van der Waals surface area contributed by atoms with Crippen LogP contribution in [0.25, 0.3) is 0 Å². The zero-order valence-electron chi connectivity index (χ0n) is 16.2. The van der Waals surface area contributed by atoms with Gasteiger partial charge in [-0.2, -0.15) is 0 Å². The average molecular weight is 328 g/mol. The molecule has 0 heterocycles. The molecule has 0 fully saturated rings. The van der Waals surface area contributed by atoms with Gasteiger partial charge in [-0.25, -0.2) is 0 Å². The Balaban J connectivity index is 6.01. The van der Waals surface area contributed by atoms with Crippen LogP contribution in [0.15, 0.2) is 23.5 Å². The quantitative estimate of drug-likeness (QED) is 0.367. The van der Waals surface area contributed by atoms with Crippen LogP contribution in [0.4, 0.5) is 0 Å². The highest BCUT2D eigenvalue weighted by Crippen LogP contribution is 2.40. The predicted molar refractivity (Wildman–Crippen MR) is 103 cm³/mol. The molecule has 0 spiro atoms. The summed E-state index contributed by atoms with van der Waals surface area (Å²) in [4.78, 5) is 1.74. The topological polar surface area (TPSA) is 20.2 Å². The molecule has 0 aliphatic carbocycles. The van der Waals surface area contributed by atoms with Crippen LogP contribution >= 0.6 is 0 Å². The molecule has 21 heavy (non-hydrogen) atoms. The lowest BCUT2D eigenvalue weighted by Gasteiger charge is -2.43. The maximum absolute atomic E-state index is 10.5. The number of aliphatic hydroxyl groups is 1. The number of hydrogen-bond acceptors (Lipinski definition) is 1. The van der Waals surface area contributed by atoms with Gasteiger partial charge < -0.3 is 5.11 Å². The van der Waals surface area contributed by atoms with E-state index in [1.165, 1.54) is 42.8 Å². The van der Waals surface area contributed by atoms with E-state index >= 15 is 0 Å². The highest BCUT2D eigenvalue weighted by molar-refractivity contribution is 7.07. The second-order valence-corrected chi connectivity index (χ2v) is 17.2. The molecule has 1 nitrogen and oxygen atoms in total. The van der Waals surface area contributed by atoms with E-state index in [0.29, 0.717) is 6.42 Å². The lowest BCUT2D eigenvalue weighted by molar-refractivity contribution is 0.227. The molecule has 0 aliphatic heterocycles. The molecule has 124 valence electrons. The fourth-order valence-electron chi connectivity index (χ4n) is 3.96. The fourth-order valence-corrected chi connectivity index (χ4v) is 18.0. The van der Waals surface area contributed by atoms with Gasteiger partial charge in [-0.15, -0.1) is 6.55 Å². The Hall–Kier alpha value is -0.126. The van der Waals surface area contributed by atoms with Gasteiger partial charge in [0, 0.05) is 0 Å². The van der Waals surface area contributed by atoms with Crippen LogP contribution < -0.4 is 0 Å². The molecule has 0 saturated carbocycles. The lowest BCUT2D eigenvalue weighted by Crippen LogP contribution is -2.50. The zero-order chi connectivity index (χ0) is 17.2. The lowest BCUT2D eigenvalue weighted by atomic mass is 10.2. The van der Waals surface area contributed by atoms with Gasteiger partial charge >= 0.3 is 0 Å². The minimum Gasteiger partial charge on any atom is -0.389 e. The van der Waals surface area contributed by atoms with Crippen LogP contribution in [-0.2, 0) is 0 Å². The van der Waals surface area contributed by atoms with Crippen molar-refractivity contribution in [3.05, 3.63) is 23.5 Å². The summed E-state index contributed by atoms with van der Waals surface area (Å²) < 4.78 is 7.15. The maximum atomic E-state index is 10.5. The molecule has 0 aromatic rings. The fraction of sp³-hybridized carbons (Fsp3) is 0.778. The second kappa shape index (κ2) is 9.80. The van der Waals surface area contributed by atoms with Crippen molar-refractivity contribution < 1.29 is 6.48 Å². The van der Waals surface area contributed by atoms with E-state index in [1.54, 1.807) is 10.9 Å². The molecule has 0 saturated heterocycles. The van der Waals surface area contributed by atoms with Crippen molar-refractivity contribution in [3.8, 4) is 0 Å². The summed E-state index contributed by atoms with van der Waals surface area (Å²) >= 11 is 0. The van der Waals surface area contributed by atoms with E-state index in [2.05, 4.69) is 47.6 Å². The van der Waals surface area contributed by atoms with Crippen molar-refractivity contribution in [2.75, 3.05) is 0 Å². The average Bonchev–Trinajstić information content (AvgIpc) is 2.56. The van der Waals surface area contributed by atoms with E-state index in [0.717, 1.165) is 0 Å². The Kier molecular flexibility index (Phi) is 8.83. The second-order valence-electron chi connectivity index (χ2n) is 6.30. The predicted octanol–water partition coefficient (Wildman–Crippen LogP) is 5.95. The van der Waals surface area contributed by atoms with Gasteiger partial charge in [0.1, 0.15) is 0 Å². The van der Waals surface area contributed by atoms with Crippen molar-refractivity contribution in [1.29, 1.82) is 0 Å². The first-order valence-corrected chi connectivity index (χ1v) is 14.1. The minimum atomic E-state index is -1.46. The normalized spacial score (nSPS) is 15.1. The summed E-state index contributed by atoms with van der Waals surface area (Å²) in [5, 5.41) is 10.5. The first-order chi connectivity index (χ1) is 10.5. The monoisotopic (exact) mass is 327 g/mol. The third-order valence-corrected chi connectivity index (χ3v) is 19.9. The number of hydrogen-bond donors (Lipinski definition) is 1. The molecule has 0 rings (SSSR count). The summed E-state index contributed by atoms with van der Waals surface area (Å²) in [5.74, 6) is 0. The first kappa shape index (κ1) is 18.9. The highest BCUT2D eigenvalue weighted by atomic mass is 28.4. The van der Waals surface area contributed by atoms with E-state index in [4.69, 9.17) is 1.37 Å². The van der Waals surface area contributed by atoms with Crippen molar-refractivity contribution >= 4 is 16.1 Å². The van der Waals surface area contributed by atoms with E-state index in [-0.39, 0.29) is 0 Å². The van der Waals surface area contributed by atoms with Crippen LogP contribution in [0.1, 0.15) is 49.3 Å². The highest BCUT2D eigenvalue weighted by Gasteiger charge is 2.43. The summed E-state index contributed by atoms with van der Waals surface area (Å²) in [7, 11) is -2.91. The van der Waals surface area contributed by atoms with Crippen LogP contribution in [0.5, 0.6) is 0 Å². The standard InChI is InChI=1S/C18H38OSi2/c1-8-15-17(19)16-18(20(9-2,10-3)11-4)21(12-5,13-6)14-7/h8,16-17,19H,1,9-15H2,2-7H3/i1D. The van der Waals surface area contributed by atoms with Crippen molar-refractivity contribution in [2.45, 2.75) is 90.3 Å². The Morgan fingerprint density at radius 2 is 1.33 bits per heavy atom. The summed E-state index contributed by atoms with van der Waals surface area (Å²) in [5.41, 5.74) is 0. The van der Waals surface area contributed by atoms with Crippen LogP contribution in [0, 0.1) is 0 Å². The minimum absolute atomic E-state index is 0.412. The molecule has 0 aliphatic rings. The molecule has 3 heteroatoms. The SMILES string of the molecule is [2H]C=CCC(O)C=C([Si](CC)(CC)CC)[Si](CC)(CC)CC. The van der Waals surface area contributed by atoms with Crippen molar-refractivity contribution in [3.63, 3.8) is 0 Å². The summed E-state index contributed by atoms with van der Waals surface area (Å²) in [6, 6.07) is 7.76. The van der Waals surface area contributed by atoms with E-state index in [9.17, 15) is 5.11 Å². The van der Waals surface area contributed by atoms with Gasteiger partial charge in [0.15, 0.2) is 0 Å². The van der Waals surface area contributed by atoms with Crippen LogP contribution in [0.3, 0.4) is 0 Å². The van der Waals surface area contributed by atoms with Gasteiger partial charge in [-0.3, -0.25) is 0 Å². The van der Waals surface area contributed by atoms with Gasteiger partial charge in [-0.1, -0.05) is 94.8 Å². The molecular formula is C18H38OSi2. The molecule has 1 atom stereocenters. The van der Waals surface area contributed by atoms with Gasteiger partial charge in [0.25, 0.3) is 0 Å². The Morgan fingerprint density at radius 1 is 0.952 bits per heavy atom. The Bertz CT molecular complexity index is 320. The molecular weight excluding hydrogens is 288 g/mol. The third kappa shape index (κ3) is 4.67. The van der Waals surface area contributed by atoms with Crippen molar-refractivity contribution in [2.24, 2.45) is 0 Å². The molecule has 0 aromatic carbocycles. The zero-order valence-corrected chi connectivity index (χ0v) is 17.2. The Morgan fingerprint density at radius 3 is 1.62 bits per heavy atom. The van der Waals surface area contributed by atoms with Crippen LogP contribution in [-0.4, -0.2) is 27.4 Å². The largest absolute Gasteiger partial charge is 0.389 e. The molecule has 0 aromatic heterocycles. The van der Waals surface area contributed by atoms with Gasteiger partial charge in [0.2, 0.25) is 0 Å². The molecule has 1 N–H and O–H groups in total. The van der Waals surface area contributed by atoms with Crippen molar-refractivity contribution in [1.82, 2.24) is 0 Å². The van der Waals surface area contributed by atoms with Crippen LogP contribution in [0.2, 0.25) is 36.3 Å². The Labute approximate surface area is 137 Å². The first-order valence-electron chi connectivity index (χ1n) is 9.47. The number of aliphatic hydroxyl groups excluding tert-OH is 1. The van der Waals surface area contributed by atoms with E-state index < -0.39 is 22.3 Å². The summed E-state index contributed by atoms with van der Waals surface area (Å²) in [6.07, 6.45) is 4.19. The third-order valence-electron chi connectivity index (χ3n) is 5.94. The summed E-state index contributed by atoms with van der Waals surface area (Å²) in [6.45, 7) is 15.5. The smallest absolute Gasteiger partial charge is 0.0762 e. The molecule has 0 amide bonds. The number of rotatable bonds is 11. The molecule has 1 unspecified atom stereocenters. The van der Waals surface area contributed by atoms with Gasteiger partial charge in [0.05, 0.1) is 23.6 Å².